The van der Waals surface area contributed by atoms with E-state index in [-0.39, 0.29) is 23.9 Å². The molecular weight excluding hydrogens is 330 g/mol. The molecule has 2 N–H and O–H groups in total. The minimum Gasteiger partial charge on any atom is -0.489 e. The van der Waals surface area contributed by atoms with Crippen molar-refractivity contribution < 1.29 is 13.9 Å². The lowest BCUT2D eigenvalue weighted by Gasteiger charge is -2.10. The molecule has 0 aliphatic rings. The number of rotatable bonds is 5. The Hall–Kier alpha value is -1.98. The van der Waals surface area contributed by atoms with Gasteiger partial charge in [0.15, 0.2) is 11.6 Å². The maximum absolute atomic E-state index is 13.3. The van der Waals surface area contributed by atoms with Crippen LogP contribution in [0, 0.1) is 5.82 Å². The van der Waals surface area contributed by atoms with Crippen LogP contribution in [0.4, 0.5) is 14.9 Å². The SMILES string of the molecule is O=C(NCCOc1ccccc1F)Nc1cccc(Cl)c1Cl. The zero-order valence-electron chi connectivity index (χ0n) is 11.4. The van der Waals surface area contributed by atoms with Gasteiger partial charge in [-0.05, 0) is 24.3 Å². The highest BCUT2D eigenvalue weighted by Crippen LogP contribution is 2.29. The lowest BCUT2D eigenvalue weighted by Crippen LogP contribution is -2.32. The van der Waals surface area contributed by atoms with Gasteiger partial charge < -0.3 is 15.4 Å². The molecule has 0 radical (unpaired) electrons. The molecule has 2 aromatic rings. The second-order valence-corrected chi connectivity index (χ2v) is 5.05. The average Bonchev–Trinajstić information content (AvgIpc) is 2.50. The van der Waals surface area contributed by atoms with Gasteiger partial charge in [0.05, 0.1) is 22.3 Å². The number of carbonyl (C=O) groups is 1. The predicted molar refractivity (Wildman–Crippen MR) is 85.4 cm³/mol. The fourth-order valence-electron chi connectivity index (χ4n) is 1.65. The first kappa shape index (κ1) is 16.4. The van der Waals surface area contributed by atoms with Crippen molar-refractivity contribution in [3.8, 4) is 5.75 Å². The molecule has 2 aromatic carbocycles. The van der Waals surface area contributed by atoms with Crippen LogP contribution in [-0.4, -0.2) is 19.2 Å². The fraction of sp³-hybridized carbons (Fsp3) is 0.133. The Balaban J connectivity index is 1.76. The van der Waals surface area contributed by atoms with Crippen molar-refractivity contribution in [2.24, 2.45) is 0 Å². The first-order valence-electron chi connectivity index (χ1n) is 6.44. The molecule has 2 rings (SSSR count). The molecule has 0 fully saturated rings. The van der Waals surface area contributed by atoms with Crippen LogP contribution in [0.25, 0.3) is 0 Å². The summed E-state index contributed by atoms with van der Waals surface area (Å²) in [7, 11) is 0. The molecule has 0 atom stereocenters. The minimum absolute atomic E-state index is 0.137. The van der Waals surface area contributed by atoms with Crippen LogP contribution in [0.3, 0.4) is 0 Å². The highest BCUT2D eigenvalue weighted by molar-refractivity contribution is 6.43. The van der Waals surface area contributed by atoms with Crippen LogP contribution in [-0.2, 0) is 0 Å². The molecule has 0 saturated carbocycles. The van der Waals surface area contributed by atoms with Crippen molar-refractivity contribution in [1.82, 2.24) is 5.32 Å². The van der Waals surface area contributed by atoms with E-state index in [2.05, 4.69) is 10.6 Å². The maximum atomic E-state index is 13.3. The summed E-state index contributed by atoms with van der Waals surface area (Å²) >= 11 is 11.8. The number of hydrogen-bond acceptors (Lipinski definition) is 2. The van der Waals surface area contributed by atoms with E-state index < -0.39 is 11.8 Å². The number of hydrogen-bond donors (Lipinski definition) is 2. The van der Waals surface area contributed by atoms with Crippen molar-refractivity contribution in [3.63, 3.8) is 0 Å². The smallest absolute Gasteiger partial charge is 0.319 e. The molecule has 0 aliphatic carbocycles. The van der Waals surface area contributed by atoms with Gasteiger partial charge in [-0.25, -0.2) is 9.18 Å². The molecular formula is C15H13Cl2FN2O2. The van der Waals surface area contributed by atoms with E-state index in [1.54, 1.807) is 30.3 Å². The number of amides is 2. The molecule has 22 heavy (non-hydrogen) atoms. The molecule has 7 heteroatoms. The molecule has 0 saturated heterocycles. The molecule has 0 aliphatic heterocycles. The van der Waals surface area contributed by atoms with Crippen molar-refractivity contribution >= 4 is 34.9 Å². The first-order valence-corrected chi connectivity index (χ1v) is 7.19. The van der Waals surface area contributed by atoms with Crippen LogP contribution >= 0.6 is 23.2 Å². The van der Waals surface area contributed by atoms with Crippen molar-refractivity contribution in [3.05, 3.63) is 58.3 Å². The van der Waals surface area contributed by atoms with Gasteiger partial charge in [0.2, 0.25) is 0 Å². The Morgan fingerprint density at radius 1 is 1.14 bits per heavy atom. The summed E-state index contributed by atoms with van der Waals surface area (Å²) in [5, 5.41) is 5.75. The van der Waals surface area contributed by atoms with Crippen molar-refractivity contribution in [2.45, 2.75) is 0 Å². The third-order valence-corrected chi connectivity index (χ3v) is 3.50. The van der Waals surface area contributed by atoms with Gasteiger partial charge in [0, 0.05) is 0 Å². The summed E-state index contributed by atoms with van der Waals surface area (Å²) in [5.41, 5.74) is 0.404. The standard InChI is InChI=1S/C15H13Cl2FN2O2/c16-10-4-3-6-12(14(10)17)20-15(21)19-8-9-22-13-7-2-1-5-11(13)18/h1-7H,8-9H2,(H2,19,20,21). The molecule has 2 amide bonds. The van der Waals surface area contributed by atoms with Crippen molar-refractivity contribution in [2.75, 3.05) is 18.5 Å². The van der Waals surface area contributed by atoms with E-state index in [1.165, 1.54) is 12.1 Å². The summed E-state index contributed by atoms with van der Waals surface area (Å²) in [6.45, 7) is 0.343. The monoisotopic (exact) mass is 342 g/mol. The maximum Gasteiger partial charge on any atom is 0.319 e. The largest absolute Gasteiger partial charge is 0.489 e. The Morgan fingerprint density at radius 3 is 2.68 bits per heavy atom. The van der Waals surface area contributed by atoms with Crippen LogP contribution < -0.4 is 15.4 Å². The fourth-order valence-corrected chi connectivity index (χ4v) is 2.00. The second kappa shape index (κ2) is 7.87. The number of benzene rings is 2. The van der Waals surface area contributed by atoms with Crippen LogP contribution in [0.5, 0.6) is 5.75 Å². The first-order chi connectivity index (χ1) is 10.6. The topological polar surface area (TPSA) is 50.4 Å². The highest BCUT2D eigenvalue weighted by Gasteiger charge is 2.08. The van der Waals surface area contributed by atoms with Gasteiger partial charge in [0.1, 0.15) is 6.61 Å². The molecule has 0 bridgehead atoms. The Morgan fingerprint density at radius 2 is 1.91 bits per heavy atom. The summed E-state index contributed by atoms with van der Waals surface area (Å²) in [5.74, 6) is -0.305. The van der Waals surface area contributed by atoms with E-state index in [9.17, 15) is 9.18 Å². The minimum atomic E-state index is -0.457. The van der Waals surface area contributed by atoms with Crippen LogP contribution in [0.15, 0.2) is 42.5 Å². The van der Waals surface area contributed by atoms with Gasteiger partial charge in [0.25, 0.3) is 0 Å². The van der Waals surface area contributed by atoms with E-state index in [1.807, 2.05) is 0 Å². The van der Waals surface area contributed by atoms with Gasteiger partial charge in [-0.2, -0.15) is 0 Å². The summed E-state index contributed by atoms with van der Waals surface area (Å²) < 4.78 is 18.5. The summed E-state index contributed by atoms with van der Waals surface area (Å²) in [6, 6.07) is 10.5. The summed E-state index contributed by atoms with van der Waals surface area (Å²) in [6.07, 6.45) is 0. The predicted octanol–water partition coefficient (Wildman–Crippen LogP) is 4.33. The van der Waals surface area contributed by atoms with E-state index in [4.69, 9.17) is 27.9 Å². The normalized spacial score (nSPS) is 10.1. The zero-order valence-corrected chi connectivity index (χ0v) is 12.9. The van der Waals surface area contributed by atoms with Gasteiger partial charge in [-0.1, -0.05) is 41.4 Å². The molecule has 0 spiro atoms. The summed E-state index contributed by atoms with van der Waals surface area (Å²) in [4.78, 5) is 11.7. The average molecular weight is 343 g/mol. The van der Waals surface area contributed by atoms with Crippen molar-refractivity contribution in [1.29, 1.82) is 0 Å². The van der Waals surface area contributed by atoms with E-state index in [0.29, 0.717) is 10.7 Å². The van der Waals surface area contributed by atoms with Crippen LogP contribution in [0.2, 0.25) is 10.0 Å². The lowest BCUT2D eigenvalue weighted by atomic mass is 10.3. The third kappa shape index (κ3) is 4.51. The van der Waals surface area contributed by atoms with E-state index in [0.717, 1.165) is 0 Å². The van der Waals surface area contributed by atoms with Gasteiger partial charge in [-0.3, -0.25) is 0 Å². The second-order valence-electron chi connectivity index (χ2n) is 4.26. The highest BCUT2D eigenvalue weighted by atomic mass is 35.5. The quantitative estimate of drug-likeness (QED) is 0.794. The zero-order chi connectivity index (χ0) is 15.9. The third-order valence-electron chi connectivity index (χ3n) is 2.68. The Labute approximate surface area is 137 Å². The Kier molecular flexibility index (Phi) is 5.86. The molecule has 4 nitrogen and oxygen atoms in total. The number of ether oxygens (including phenoxy) is 1. The number of carbonyl (C=O) groups excluding carboxylic acids is 1. The Bertz CT molecular complexity index is 668. The number of halogens is 3. The van der Waals surface area contributed by atoms with Crippen LogP contribution in [0.1, 0.15) is 0 Å². The molecule has 0 aromatic heterocycles. The molecule has 116 valence electrons. The lowest BCUT2D eigenvalue weighted by molar-refractivity contribution is 0.246. The van der Waals surface area contributed by atoms with Gasteiger partial charge >= 0.3 is 6.03 Å². The number of anilines is 1. The number of urea groups is 1. The van der Waals surface area contributed by atoms with Gasteiger partial charge in [-0.15, -0.1) is 0 Å². The molecule has 0 unspecified atom stereocenters. The van der Waals surface area contributed by atoms with E-state index >= 15 is 0 Å². The molecule has 0 heterocycles. The number of para-hydroxylation sites is 1. The number of nitrogens with one attached hydrogen (secondary N) is 2.